The highest BCUT2D eigenvalue weighted by atomic mass is 35.5. The summed E-state index contributed by atoms with van der Waals surface area (Å²) < 4.78 is 70.5. The summed E-state index contributed by atoms with van der Waals surface area (Å²) in [5, 5.41) is 0.493. The first-order valence-corrected chi connectivity index (χ1v) is 16.4. The molecule has 0 aliphatic heterocycles. The minimum absolute atomic E-state index is 0. The molecule has 0 unspecified atom stereocenters. The number of hydrogen-bond acceptors (Lipinski definition) is 8. The second-order valence-corrected chi connectivity index (χ2v) is 13.8. The van der Waals surface area contributed by atoms with E-state index in [0.29, 0.717) is 23.7 Å². The Kier molecular flexibility index (Phi) is 12.9. The zero-order valence-corrected chi connectivity index (χ0v) is 28.3. The van der Waals surface area contributed by atoms with Crippen molar-refractivity contribution in [2.45, 2.75) is 49.8 Å². The van der Waals surface area contributed by atoms with Gasteiger partial charge in [-0.05, 0) is 61.6 Å². The Balaban J connectivity index is 0.00000600. The molecular weight excluding hydrogens is 683 g/mol. The van der Waals surface area contributed by atoms with E-state index in [4.69, 9.17) is 32.7 Å². The number of pyridine rings is 1. The molecule has 1 heterocycles. The van der Waals surface area contributed by atoms with Gasteiger partial charge in [-0.25, -0.2) is 13.4 Å². The minimum atomic E-state index is -4.26. The number of carbonyl (C=O) groups is 2. The van der Waals surface area contributed by atoms with Gasteiger partial charge >= 0.3 is 12.6 Å². The number of likely N-dealkylation sites (N-methyl/N-ethyl adjacent to an activating group) is 1. The van der Waals surface area contributed by atoms with Crippen LogP contribution in [0.3, 0.4) is 0 Å². The number of benzene rings is 2. The number of alkyl halides is 2. The lowest BCUT2D eigenvalue weighted by atomic mass is 10.0. The molecule has 2 atom stereocenters. The van der Waals surface area contributed by atoms with Crippen molar-refractivity contribution in [3.05, 3.63) is 81.6 Å². The Hall–Kier alpha value is -3.56. The third kappa shape index (κ3) is 9.51. The van der Waals surface area contributed by atoms with E-state index in [9.17, 15) is 26.8 Å². The van der Waals surface area contributed by atoms with Crippen LogP contribution in [0.1, 0.15) is 47.4 Å². The van der Waals surface area contributed by atoms with E-state index in [1.54, 1.807) is 14.1 Å². The van der Waals surface area contributed by atoms with E-state index in [-0.39, 0.29) is 43.9 Å². The molecule has 11 nitrogen and oxygen atoms in total. The Morgan fingerprint density at radius 1 is 1.02 bits per heavy atom. The summed E-state index contributed by atoms with van der Waals surface area (Å²) in [5.74, 6) is -1.17. The zero-order valence-electron chi connectivity index (χ0n) is 26.0. The van der Waals surface area contributed by atoms with Gasteiger partial charge in [0.25, 0.3) is 5.91 Å². The molecule has 0 saturated heterocycles. The number of rotatable bonds is 14. The number of aromatic nitrogens is 1. The van der Waals surface area contributed by atoms with Crippen LogP contribution in [0.5, 0.6) is 11.5 Å². The van der Waals surface area contributed by atoms with Crippen molar-refractivity contribution in [3.63, 3.8) is 0 Å². The lowest BCUT2D eigenvalue weighted by Gasteiger charge is -2.26. The van der Waals surface area contributed by atoms with Crippen LogP contribution in [-0.2, 0) is 26.0 Å². The molecule has 256 valence electrons. The fourth-order valence-electron chi connectivity index (χ4n) is 4.42. The van der Waals surface area contributed by atoms with E-state index in [1.165, 1.54) is 73.7 Å². The standard InChI is InChI=1S/C31H33Cl2F2N3O7S.H2O/c1-18(38(4)46(41,42)22-7-5-6-21(12-22)29(39)37(2)3)30(40)44-27(14-23-24(32)15-36-16-25(23)33)20-10-11-26(45-31(34)35)28(13-20)43-17-19-8-9-19;/h5-7,10-13,15-16,18-19,27,31H,8-9,14,17H2,1-4H3;1H2/t18-,27+;/m0./s1. The van der Waals surface area contributed by atoms with Gasteiger partial charge in [-0.1, -0.05) is 35.3 Å². The summed E-state index contributed by atoms with van der Waals surface area (Å²) in [7, 11) is 0.0395. The molecule has 1 aliphatic rings. The van der Waals surface area contributed by atoms with Crippen molar-refractivity contribution in [2.24, 2.45) is 5.92 Å². The lowest BCUT2D eigenvalue weighted by Crippen LogP contribution is -2.41. The summed E-state index contributed by atoms with van der Waals surface area (Å²) in [6, 6.07) is 8.31. The molecule has 0 bridgehead atoms. The van der Waals surface area contributed by atoms with Gasteiger partial charge in [0.15, 0.2) is 23.9 Å². The Labute approximate surface area is 281 Å². The van der Waals surface area contributed by atoms with Crippen molar-refractivity contribution in [2.75, 3.05) is 27.7 Å². The summed E-state index contributed by atoms with van der Waals surface area (Å²) in [4.78, 5) is 29.9. The largest absolute Gasteiger partial charge is 0.870 e. The molecule has 0 spiro atoms. The van der Waals surface area contributed by atoms with E-state index in [2.05, 4.69) is 9.72 Å². The number of hydrogen-bond donors (Lipinski definition) is 0. The highest BCUT2D eigenvalue weighted by Gasteiger charge is 2.34. The SMILES string of the molecule is C[C@@H](C(=O)O[C@H](Cc1c(Cl)c[nH+]cc1Cl)c1ccc(OC(F)F)c(OCC2CC2)c1)N(C)S(=O)(=O)c1cccc(C(=O)N(C)C)c1.[OH-]. The van der Waals surface area contributed by atoms with Crippen LogP contribution >= 0.6 is 23.2 Å². The van der Waals surface area contributed by atoms with Crippen LogP contribution in [0, 0.1) is 5.92 Å². The summed E-state index contributed by atoms with van der Waals surface area (Å²) in [5.41, 5.74) is 0.917. The number of sulfonamides is 1. The third-order valence-corrected chi connectivity index (χ3v) is 10.0. The Morgan fingerprint density at radius 3 is 2.28 bits per heavy atom. The van der Waals surface area contributed by atoms with Crippen molar-refractivity contribution < 1.29 is 51.5 Å². The molecule has 1 fully saturated rings. The molecule has 1 aromatic heterocycles. The predicted molar refractivity (Wildman–Crippen MR) is 168 cm³/mol. The van der Waals surface area contributed by atoms with Gasteiger partial charge in [-0.3, -0.25) is 9.59 Å². The van der Waals surface area contributed by atoms with Gasteiger partial charge in [0.2, 0.25) is 10.0 Å². The predicted octanol–water partition coefficient (Wildman–Crippen LogP) is 5.26. The fourth-order valence-corrected chi connectivity index (χ4v) is 6.31. The van der Waals surface area contributed by atoms with Crippen LogP contribution in [0.4, 0.5) is 8.78 Å². The highest BCUT2D eigenvalue weighted by molar-refractivity contribution is 7.89. The Bertz CT molecular complexity index is 1670. The molecule has 4 rings (SSSR count). The van der Waals surface area contributed by atoms with Gasteiger partial charge in [0, 0.05) is 38.7 Å². The van der Waals surface area contributed by atoms with Gasteiger partial charge in [-0.15, -0.1) is 0 Å². The van der Waals surface area contributed by atoms with Crippen molar-refractivity contribution in [1.29, 1.82) is 0 Å². The molecule has 2 aromatic carbocycles. The molecule has 16 heteroatoms. The summed E-state index contributed by atoms with van der Waals surface area (Å²) >= 11 is 12.8. The first-order chi connectivity index (χ1) is 21.7. The second-order valence-electron chi connectivity index (χ2n) is 11.0. The zero-order chi connectivity index (χ0) is 33.8. The van der Waals surface area contributed by atoms with Gasteiger partial charge in [0.05, 0.1) is 11.5 Å². The van der Waals surface area contributed by atoms with E-state index in [0.717, 1.165) is 17.1 Å². The number of halogens is 4. The first kappa shape index (κ1) is 37.9. The van der Waals surface area contributed by atoms with Crippen LogP contribution in [0.25, 0.3) is 0 Å². The molecule has 0 radical (unpaired) electrons. The lowest BCUT2D eigenvalue weighted by molar-refractivity contribution is -0.377. The normalized spacial score (nSPS) is 14.3. The van der Waals surface area contributed by atoms with Crippen LogP contribution in [-0.4, -0.2) is 75.4 Å². The maximum absolute atomic E-state index is 13.6. The second kappa shape index (κ2) is 16.0. The van der Waals surface area contributed by atoms with Crippen LogP contribution < -0.4 is 14.5 Å². The topological polar surface area (TPSA) is 147 Å². The average Bonchev–Trinajstić information content (AvgIpc) is 3.85. The van der Waals surface area contributed by atoms with Crippen LogP contribution in [0.2, 0.25) is 10.0 Å². The molecule has 2 N–H and O–H groups in total. The van der Waals surface area contributed by atoms with Gasteiger partial charge in [-0.2, -0.15) is 13.1 Å². The van der Waals surface area contributed by atoms with Crippen molar-refractivity contribution >= 4 is 45.1 Å². The van der Waals surface area contributed by atoms with Crippen molar-refractivity contribution in [1.82, 2.24) is 9.21 Å². The number of aromatic amines is 1. The first-order valence-electron chi connectivity index (χ1n) is 14.2. The van der Waals surface area contributed by atoms with E-state index < -0.39 is 40.7 Å². The van der Waals surface area contributed by atoms with E-state index in [1.807, 2.05) is 0 Å². The number of nitrogens with zero attached hydrogens (tertiary/aromatic N) is 2. The van der Waals surface area contributed by atoms with Gasteiger partial charge < -0.3 is 24.6 Å². The van der Waals surface area contributed by atoms with Gasteiger partial charge in [0.1, 0.15) is 22.2 Å². The van der Waals surface area contributed by atoms with Crippen LogP contribution in [0.15, 0.2) is 59.8 Å². The minimum Gasteiger partial charge on any atom is -0.870 e. The number of ether oxygens (including phenoxy) is 3. The quantitative estimate of drug-likeness (QED) is 0.205. The number of nitrogens with one attached hydrogen (secondary N) is 1. The molecule has 3 aromatic rings. The molecular formula is C31H35Cl2F2N3O8S. The monoisotopic (exact) mass is 717 g/mol. The number of amides is 1. The maximum Gasteiger partial charge on any atom is 0.387 e. The molecule has 1 saturated carbocycles. The van der Waals surface area contributed by atoms with E-state index >= 15 is 0 Å². The number of carbonyl (C=O) groups excluding carboxylic acids is 2. The number of esters is 1. The third-order valence-electron chi connectivity index (χ3n) is 7.42. The average molecular weight is 719 g/mol. The Morgan fingerprint density at radius 2 is 1.68 bits per heavy atom. The molecule has 1 aliphatic carbocycles. The summed E-state index contributed by atoms with van der Waals surface area (Å²) in [6.07, 6.45) is 3.74. The summed E-state index contributed by atoms with van der Waals surface area (Å²) in [6.45, 7) is -1.45. The fraction of sp³-hybridized carbons (Fsp3) is 0.387. The molecule has 47 heavy (non-hydrogen) atoms. The smallest absolute Gasteiger partial charge is 0.387 e. The maximum atomic E-state index is 13.6. The molecule has 1 amide bonds. The highest BCUT2D eigenvalue weighted by Crippen LogP contribution is 2.38. The van der Waals surface area contributed by atoms with Crippen molar-refractivity contribution in [3.8, 4) is 11.5 Å². The number of H-pyrrole nitrogens is 1.